The first-order valence-electron chi connectivity index (χ1n) is 9.11. The van der Waals surface area contributed by atoms with Crippen molar-refractivity contribution in [2.75, 3.05) is 20.8 Å². The van der Waals surface area contributed by atoms with Crippen LogP contribution in [0.5, 0.6) is 11.5 Å². The molecule has 0 saturated heterocycles. The molecular formula is C20H21N5O2. The maximum absolute atomic E-state index is 5.56. The summed E-state index contributed by atoms with van der Waals surface area (Å²) in [7, 11) is 3.36. The first-order valence-corrected chi connectivity index (χ1v) is 9.11. The summed E-state index contributed by atoms with van der Waals surface area (Å²) in [4.78, 5) is 2.51. The van der Waals surface area contributed by atoms with Gasteiger partial charge in [-0.05, 0) is 45.7 Å². The molecule has 27 heavy (non-hydrogen) atoms. The van der Waals surface area contributed by atoms with E-state index >= 15 is 0 Å². The molecule has 0 amide bonds. The Bertz CT molecular complexity index is 972. The highest BCUT2D eigenvalue weighted by Crippen LogP contribution is 2.45. The van der Waals surface area contributed by atoms with Crippen LogP contribution in [0.4, 0.5) is 0 Å². The number of rotatable bonds is 3. The van der Waals surface area contributed by atoms with Crippen LogP contribution in [0, 0.1) is 0 Å². The van der Waals surface area contributed by atoms with E-state index in [0.717, 1.165) is 36.8 Å². The van der Waals surface area contributed by atoms with E-state index in [-0.39, 0.29) is 12.1 Å². The van der Waals surface area contributed by atoms with E-state index in [1.54, 1.807) is 14.2 Å². The summed E-state index contributed by atoms with van der Waals surface area (Å²) in [5, 5.41) is 12.5. The van der Waals surface area contributed by atoms with Crippen LogP contribution in [0.1, 0.15) is 34.6 Å². The summed E-state index contributed by atoms with van der Waals surface area (Å²) >= 11 is 0. The molecule has 2 unspecified atom stereocenters. The first kappa shape index (κ1) is 16.3. The fourth-order valence-corrected chi connectivity index (χ4v) is 4.39. The quantitative estimate of drug-likeness (QED) is 0.712. The van der Waals surface area contributed by atoms with Gasteiger partial charge in [0.1, 0.15) is 0 Å². The molecule has 1 aromatic heterocycles. The molecule has 0 radical (unpaired) electrons. The maximum Gasteiger partial charge on any atom is 0.173 e. The summed E-state index contributed by atoms with van der Waals surface area (Å²) in [5.74, 6) is 2.45. The van der Waals surface area contributed by atoms with E-state index in [0.29, 0.717) is 0 Å². The van der Waals surface area contributed by atoms with E-state index in [4.69, 9.17) is 9.47 Å². The minimum absolute atomic E-state index is 0.0428. The number of methoxy groups -OCH3 is 2. The van der Waals surface area contributed by atoms with E-state index in [1.807, 2.05) is 10.7 Å². The predicted octanol–water partition coefficient (Wildman–Crippen LogP) is 2.39. The van der Waals surface area contributed by atoms with Crippen LogP contribution in [0.2, 0.25) is 0 Å². The highest BCUT2D eigenvalue weighted by molar-refractivity contribution is 5.50. The lowest BCUT2D eigenvalue weighted by atomic mass is 9.87. The first-order chi connectivity index (χ1) is 13.3. The predicted molar refractivity (Wildman–Crippen MR) is 98.8 cm³/mol. The Balaban J connectivity index is 1.64. The van der Waals surface area contributed by atoms with Crippen molar-refractivity contribution in [3.63, 3.8) is 0 Å². The zero-order valence-electron chi connectivity index (χ0n) is 15.4. The molecule has 0 spiro atoms. The molecule has 3 aromatic rings. The van der Waals surface area contributed by atoms with Gasteiger partial charge in [-0.15, -0.1) is 5.10 Å². The average Bonchev–Trinajstić information content (AvgIpc) is 3.19. The molecule has 2 aliphatic rings. The molecule has 7 heteroatoms. The van der Waals surface area contributed by atoms with Crippen LogP contribution in [0.15, 0.2) is 42.5 Å². The summed E-state index contributed by atoms with van der Waals surface area (Å²) in [6, 6.07) is 14.9. The van der Waals surface area contributed by atoms with Gasteiger partial charge in [0, 0.05) is 6.54 Å². The number of nitrogens with zero attached hydrogens (tertiary/aromatic N) is 5. The summed E-state index contributed by atoms with van der Waals surface area (Å²) < 4.78 is 13.0. The fourth-order valence-electron chi connectivity index (χ4n) is 4.39. The topological polar surface area (TPSA) is 65.3 Å². The normalized spacial score (nSPS) is 21.1. The van der Waals surface area contributed by atoms with Crippen LogP contribution in [-0.2, 0) is 13.0 Å². The molecule has 7 nitrogen and oxygen atoms in total. The summed E-state index contributed by atoms with van der Waals surface area (Å²) in [6.07, 6.45) is 0.955. The van der Waals surface area contributed by atoms with Crippen molar-refractivity contribution in [3.05, 3.63) is 65.0 Å². The van der Waals surface area contributed by atoms with Crippen molar-refractivity contribution in [2.24, 2.45) is 0 Å². The SMILES string of the molecule is COc1cc2c(cc1OC)C1Cn3nnnc3C(c3ccccc3)N1CC2. The minimum Gasteiger partial charge on any atom is -0.493 e. The molecule has 2 aliphatic heterocycles. The van der Waals surface area contributed by atoms with Gasteiger partial charge in [-0.25, -0.2) is 4.68 Å². The lowest BCUT2D eigenvalue weighted by molar-refractivity contribution is 0.0906. The number of hydrogen-bond donors (Lipinski definition) is 0. The van der Waals surface area contributed by atoms with Gasteiger partial charge in [0.05, 0.1) is 32.8 Å². The molecule has 0 aliphatic carbocycles. The van der Waals surface area contributed by atoms with Gasteiger partial charge in [-0.1, -0.05) is 30.3 Å². The fraction of sp³-hybridized carbons (Fsp3) is 0.350. The van der Waals surface area contributed by atoms with Gasteiger partial charge in [0.15, 0.2) is 17.3 Å². The Morgan fingerprint density at radius 1 is 1.04 bits per heavy atom. The van der Waals surface area contributed by atoms with Crippen molar-refractivity contribution < 1.29 is 9.47 Å². The second-order valence-electron chi connectivity index (χ2n) is 6.94. The zero-order valence-corrected chi connectivity index (χ0v) is 15.4. The van der Waals surface area contributed by atoms with Gasteiger partial charge >= 0.3 is 0 Å². The van der Waals surface area contributed by atoms with Crippen molar-refractivity contribution in [1.29, 1.82) is 0 Å². The number of fused-ring (bicyclic) bond motifs is 4. The van der Waals surface area contributed by atoms with Crippen molar-refractivity contribution in [1.82, 2.24) is 25.1 Å². The van der Waals surface area contributed by atoms with Crippen LogP contribution in [0.3, 0.4) is 0 Å². The van der Waals surface area contributed by atoms with Crippen LogP contribution < -0.4 is 9.47 Å². The van der Waals surface area contributed by atoms with E-state index in [9.17, 15) is 0 Å². The van der Waals surface area contributed by atoms with Gasteiger partial charge in [-0.2, -0.15) is 0 Å². The number of aromatic nitrogens is 4. The standard InChI is InChI=1S/C20H21N5O2/c1-26-17-10-14-8-9-24-16(15(14)11-18(17)27-2)12-25-20(21-22-23-25)19(24)13-6-4-3-5-7-13/h3-7,10-11,16,19H,8-9,12H2,1-2H3. The average molecular weight is 363 g/mol. The van der Waals surface area contributed by atoms with Crippen LogP contribution >= 0.6 is 0 Å². The number of ether oxygens (including phenoxy) is 2. The largest absolute Gasteiger partial charge is 0.493 e. The third-order valence-electron chi connectivity index (χ3n) is 5.64. The molecular weight excluding hydrogens is 342 g/mol. The van der Waals surface area contributed by atoms with Crippen LogP contribution in [-0.4, -0.2) is 45.9 Å². The number of hydrogen-bond acceptors (Lipinski definition) is 6. The molecule has 0 saturated carbocycles. The highest BCUT2D eigenvalue weighted by atomic mass is 16.5. The second-order valence-corrected chi connectivity index (χ2v) is 6.94. The molecule has 2 aromatic carbocycles. The van der Waals surface area contributed by atoms with Gasteiger partial charge in [0.25, 0.3) is 0 Å². The Hall–Kier alpha value is -2.93. The third kappa shape index (κ3) is 2.49. The van der Waals surface area contributed by atoms with E-state index in [1.165, 1.54) is 16.7 Å². The lowest BCUT2D eigenvalue weighted by Crippen LogP contribution is -2.45. The third-order valence-corrected chi connectivity index (χ3v) is 5.64. The minimum atomic E-state index is 0.0428. The maximum atomic E-state index is 5.56. The van der Waals surface area contributed by atoms with Gasteiger partial charge in [0.2, 0.25) is 0 Å². The zero-order chi connectivity index (χ0) is 18.4. The molecule has 138 valence electrons. The molecule has 0 N–H and O–H groups in total. The van der Waals surface area contributed by atoms with E-state index in [2.05, 4.69) is 56.8 Å². The van der Waals surface area contributed by atoms with Crippen molar-refractivity contribution in [2.45, 2.75) is 25.0 Å². The Morgan fingerprint density at radius 2 is 1.81 bits per heavy atom. The van der Waals surface area contributed by atoms with Gasteiger partial charge in [-0.3, -0.25) is 4.90 Å². The molecule has 5 rings (SSSR count). The van der Waals surface area contributed by atoms with Crippen molar-refractivity contribution in [3.8, 4) is 11.5 Å². The number of tetrazole rings is 1. The highest BCUT2D eigenvalue weighted by Gasteiger charge is 2.41. The number of benzene rings is 2. The molecule has 0 bridgehead atoms. The van der Waals surface area contributed by atoms with Crippen molar-refractivity contribution >= 4 is 0 Å². The monoisotopic (exact) mass is 363 g/mol. The Labute approximate surface area is 157 Å². The van der Waals surface area contributed by atoms with Gasteiger partial charge < -0.3 is 9.47 Å². The van der Waals surface area contributed by atoms with Crippen LogP contribution in [0.25, 0.3) is 0 Å². The lowest BCUT2D eigenvalue weighted by Gasteiger charge is -2.45. The smallest absolute Gasteiger partial charge is 0.173 e. The summed E-state index contributed by atoms with van der Waals surface area (Å²) in [6.45, 7) is 1.67. The Morgan fingerprint density at radius 3 is 2.59 bits per heavy atom. The summed E-state index contributed by atoms with van der Waals surface area (Å²) in [5.41, 5.74) is 3.78. The molecule has 0 fully saturated rings. The molecule has 3 heterocycles. The van der Waals surface area contributed by atoms with E-state index < -0.39 is 0 Å². The molecule has 2 atom stereocenters. The Kier molecular flexibility index (Phi) is 3.82. The second kappa shape index (κ2) is 6.35.